The molecule has 120 valence electrons. The predicted molar refractivity (Wildman–Crippen MR) is 88.6 cm³/mol. The number of benzene rings is 1. The number of nitrogens with one attached hydrogen (secondary N) is 1. The molecule has 0 unspecified atom stereocenters. The van der Waals surface area contributed by atoms with Gasteiger partial charge in [-0.15, -0.1) is 0 Å². The molecule has 4 nitrogen and oxygen atoms in total. The highest BCUT2D eigenvalue weighted by Gasteiger charge is 2.23. The first-order valence-corrected chi connectivity index (χ1v) is 9.18. The Morgan fingerprint density at radius 1 is 1.05 bits per heavy atom. The summed E-state index contributed by atoms with van der Waals surface area (Å²) in [6, 6.07) is 8.23. The first-order valence-electron chi connectivity index (χ1n) is 7.57. The molecule has 1 aromatic carbocycles. The highest BCUT2D eigenvalue weighted by Crippen LogP contribution is 2.14. The van der Waals surface area contributed by atoms with Gasteiger partial charge in [0.25, 0.3) is 0 Å². The Morgan fingerprint density at radius 2 is 1.57 bits per heavy atom. The van der Waals surface area contributed by atoms with Crippen LogP contribution in [0.15, 0.2) is 24.3 Å². The first-order chi connectivity index (χ1) is 9.76. The van der Waals surface area contributed by atoms with Crippen molar-refractivity contribution in [3.63, 3.8) is 0 Å². The molecule has 0 atom stereocenters. The number of hydrogen-bond donors (Lipinski definition) is 1. The van der Waals surface area contributed by atoms with Crippen LogP contribution in [0.1, 0.15) is 45.7 Å². The summed E-state index contributed by atoms with van der Waals surface area (Å²) in [6.45, 7) is 11.2. The largest absolute Gasteiger partial charge is 0.310 e. The van der Waals surface area contributed by atoms with Gasteiger partial charge in [0.05, 0.1) is 5.75 Å². The zero-order valence-electron chi connectivity index (χ0n) is 13.8. The minimum Gasteiger partial charge on any atom is -0.310 e. The lowest BCUT2D eigenvalue weighted by molar-refractivity contribution is 0.368. The molecular weight excluding hydrogens is 284 g/mol. The molecule has 0 aromatic heterocycles. The van der Waals surface area contributed by atoms with Gasteiger partial charge in [0.15, 0.2) is 0 Å². The van der Waals surface area contributed by atoms with Gasteiger partial charge < -0.3 is 5.32 Å². The second-order valence-electron chi connectivity index (χ2n) is 5.91. The average molecular weight is 312 g/mol. The van der Waals surface area contributed by atoms with E-state index >= 15 is 0 Å². The summed E-state index contributed by atoms with van der Waals surface area (Å²) >= 11 is 0. The smallest absolute Gasteiger partial charge is 0.218 e. The lowest BCUT2D eigenvalue weighted by Crippen LogP contribution is -2.37. The van der Waals surface area contributed by atoms with Crippen molar-refractivity contribution in [1.82, 2.24) is 9.62 Å². The van der Waals surface area contributed by atoms with E-state index in [0.29, 0.717) is 12.6 Å². The number of rotatable bonds is 8. The zero-order valence-corrected chi connectivity index (χ0v) is 14.6. The molecule has 0 aliphatic heterocycles. The Balaban J connectivity index is 2.75. The van der Waals surface area contributed by atoms with Gasteiger partial charge in [-0.2, -0.15) is 4.31 Å². The summed E-state index contributed by atoms with van der Waals surface area (Å²) in [5.74, 6) is 0.0664. The van der Waals surface area contributed by atoms with Gasteiger partial charge in [-0.3, -0.25) is 0 Å². The van der Waals surface area contributed by atoms with E-state index in [4.69, 9.17) is 0 Å². The lowest BCUT2D eigenvalue weighted by Gasteiger charge is -2.24. The Morgan fingerprint density at radius 3 is 2.00 bits per heavy atom. The van der Waals surface area contributed by atoms with Gasteiger partial charge in [0, 0.05) is 25.2 Å². The maximum absolute atomic E-state index is 12.4. The second-order valence-corrected chi connectivity index (χ2v) is 7.83. The van der Waals surface area contributed by atoms with E-state index in [0.717, 1.165) is 12.1 Å². The van der Waals surface area contributed by atoms with Crippen molar-refractivity contribution in [3.8, 4) is 0 Å². The molecule has 0 saturated carbocycles. The highest BCUT2D eigenvalue weighted by molar-refractivity contribution is 7.88. The molecule has 1 rings (SSSR count). The maximum atomic E-state index is 12.4. The fourth-order valence-electron chi connectivity index (χ4n) is 2.25. The van der Waals surface area contributed by atoms with Crippen LogP contribution in [0.5, 0.6) is 0 Å². The van der Waals surface area contributed by atoms with E-state index in [2.05, 4.69) is 19.2 Å². The fraction of sp³-hybridized carbons (Fsp3) is 0.625. The third kappa shape index (κ3) is 5.77. The molecule has 0 aliphatic carbocycles. The van der Waals surface area contributed by atoms with E-state index in [1.54, 1.807) is 4.31 Å². The van der Waals surface area contributed by atoms with Crippen molar-refractivity contribution in [2.45, 2.75) is 59.0 Å². The summed E-state index contributed by atoms with van der Waals surface area (Å²) in [7, 11) is -3.25. The minimum atomic E-state index is -3.25. The standard InChI is InChI=1S/C16H28N2O2S/c1-6-18(14(4)5)21(19,20)12-16-9-7-15(8-10-16)11-17-13(2)3/h7-10,13-14,17H,6,11-12H2,1-5H3. The van der Waals surface area contributed by atoms with Crippen LogP contribution in [0, 0.1) is 0 Å². The second kappa shape index (κ2) is 7.92. The third-order valence-electron chi connectivity index (χ3n) is 3.33. The van der Waals surface area contributed by atoms with Gasteiger partial charge >= 0.3 is 0 Å². The Hall–Kier alpha value is -0.910. The molecular formula is C16H28N2O2S. The quantitative estimate of drug-likeness (QED) is 0.803. The summed E-state index contributed by atoms with van der Waals surface area (Å²) in [5, 5.41) is 3.35. The third-order valence-corrected chi connectivity index (χ3v) is 5.42. The molecule has 5 heteroatoms. The van der Waals surface area contributed by atoms with Crippen LogP contribution in [-0.4, -0.2) is 31.4 Å². The summed E-state index contributed by atoms with van der Waals surface area (Å²) in [6.07, 6.45) is 0. The number of sulfonamides is 1. The molecule has 0 spiro atoms. The molecule has 0 bridgehead atoms. The molecule has 0 heterocycles. The summed E-state index contributed by atoms with van der Waals surface area (Å²) in [5.41, 5.74) is 2.00. The van der Waals surface area contributed by atoms with Crippen molar-refractivity contribution in [2.24, 2.45) is 0 Å². The SMILES string of the molecule is CCN(C(C)C)S(=O)(=O)Cc1ccc(CNC(C)C)cc1. The monoisotopic (exact) mass is 312 g/mol. The number of hydrogen-bond acceptors (Lipinski definition) is 3. The van der Waals surface area contributed by atoms with E-state index < -0.39 is 10.0 Å². The van der Waals surface area contributed by atoms with E-state index in [9.17, 15) is 8.42 Å². The molecule has 0 fully saturated rings. The van der Waals surface area contributed by atoms with Crippen molar-refractivity contribution >= 4 is 10.0 Å². The predicted octanol–water partition coefficient (Wildman–Crippen LogP) is 2.74. The highest BCUT2D eigenvalue weighted by atomic mass is 32.2. The van der Waals surface area contributed by atoms with Gasteiger partial charge in [-0.1, -0.05) is 45.0 Å². The maximum Gasteiger partial charge on any atom is 0.218 e. The van der Waals surface area contributed by atoms with Crippen LogP contribution in [0.3, 0.4) is 0 Å². The van der Waals surface area contributed by atoms with Crippen LogP contribution < -0.4 is 5.32 Å². The van der Waals surface area contributed by atoms with Gasteiger partial charge in [0.1, 0.15) is 0 Å². The number of nitrogens with zero attached hydrogens (tertiary/aromatic N) is 1. The van der Waals surface area contributed by atoms with Crippen molar-refractivity contribution in [2.75, 3.05) is 6.54 Å². The topological polar surface area (TPSA) is 49.4 Å². The van der Waals surface area contributed by atoms with Gasteiger partial charge in [-0.05, 0) is 25.0 Å². The Bertz CT molecular complexity index is 522. The molecule has 1 N–H and O–H groups in total. The van der Waals surface area contributed by atoms with E-state index in [-0.39, 0.29) is 11.8 Å². The molecule has 21 heavy (non-hydrogen) atoms. The van der Waals surface area contributed by atoms with Crippen LogP contribution in [-0.2, 0) is 22.3 Å². The van der Waals surface area contributed by atoms with Gasteiger partial charge in [0.2, 0.25) is 10.0 Å². The molecule has 1 aromatic rings. The first kappa shape index (κ1) is 18.1. The molecule has 0 radical (unpaired) electrons. The van der Waals surface area contributed by atoms with E-state index in [1.807, 2.05) is 45.0 Å². The van der Waals surface area contributed by atoms with E-state index in [1.165, 1.54) is 5.56 Å². The van der Waals surface area contributed by atoms with Crippen LogP contribution >= 0.6 is 0 Å². The average Bonchev–Trinajstić information content (AvgIpc) is 2.37. The van der Waals surface area contributed by atoms with Crippen LogP contribution in [0.2, 0.25) is 0 Å². The minimum absolute atomic E-state index is 0.00508. The molecule has 0 amide bonds. The summed E-state index contributed by atoms with van der Waals surface area (Å²) in [4.78, 5) is 0. The van der Waals surface area contributed by atoms with Crippen molar-refractivity contribution < 1.29 is 8.42 Å². The molecule has 0 aliphatic rings. The normalized spacial score (nSPS) is 12.6. The van der Waals surface area contributed by atoms with Crippen molar-refractivity contribution in [1.29, 1.82) is 0 Å². The van der Waals surface area contributed by atoms with Crippen LogP contribution in [0.4, 0.5) is 0 Å². The van der Waals surface area contributed by atoms with Crippen molar-refractivity contribution in [3.05, 3.63) is 35.4 Å². The fourth-order valence-corrected chi connectivity index (χ4v) is 4.07. The van der Waals surface area contributed by atoms with Crippen LogP contribution in [0.25, 0.3) is 0 Å². The summed E-state index contributed by atoms with van der Waals surface area (Å²) < 4.78 is 26.3. The zero-order chi connectivity index (χ0) is 16.0. The Kier molecular flexibility index (Phi) is 6.84. The van der Waals surface area contributed by atoms with Gasteiger partial charge in [-0.25, -0.2) is 8.42 Å². The Labute approximate surface area is 129 Å². The lowest BCUT2D eigenvalue weighted by atomic mass is 10.1. The molecule has 0 saturated heterocycles.